The maximum Gasteiger partial charge on any atom is 0.234 e. The third-order valence-corrected chi connectivity index (χ3v) is 7.51. The van der Waals surface area contributed by atoms with Crippen LogP contribution < -0.4 is 15.8 Å². The first-order valence-electron chi connectivity index (χ1n) is 10.7. The summed E-state index contributed by atoms with van der Waals surface area (Å²) in [6.45, 7) is 4.24. The van der Waals surface area contributed by atoms with Crippen molar-refractivity contribution in [3.8, 4) is 5.75 Å². The second kappa shape index (κ2) is 10.6. The smallest absolute Gasteiger partial charge is 0.234 e. The van der Waals surface area contributed by atoms with Crippen LogP contribution in [0.4, 0.5) is 0 Å². The third kappa shape index (κ3) is 6.08. The molecule has 0 aliphatic carbocycles. The lowest BCUT2D eigenvalue weighted by molar-refractivity contribution is -0.122. The molecule has 8 nitrogen and oxygen atoms in total. The number of nitrogens with zero attached hydrogens (tertiary/aromatic N) is 3. The summed E-state index contributed by atoms with van der Waals surface area (Å²) in [6, 6.07) is 9.52. The van der Waals surface area contributed by atoms with Gasteiger partial charge in [-0.2, -0.15) is 0 Å². The molecule has 0 radical (unpaired) electrons. The number of fused-ring (bicyclic) bond motifs is 1. The van der Waals surface area contributed by atoms with Gasteiger partial charge in [0.25, 0.3) is 0 Å². The number of amides is 1. The van der Waals surface area contributed by atoms with Crippen molar-refractivity contribution in [2.24, 2.45) is 5.73 Å². The normalized spacial score (nSPS) is 16.3. The Balaban J connectivity index is 1.33. The molecule has 3 heterocycles. The van der Waals surface area contributed by atoms with Gasteiger partial charge in [0, 0.05) is 29.4 Å². The number of thiophene rings is 1. The molecular formula is C23H27N5O3S2. The Hall–Kier alpha value is -2.53. The Morgan fingerprint density at radius 1 is 1.30 bits per heavy atom. The second-order valence-corrected chi connectivity index (χ2v) is 10.1. The fraction of sp³-hybridized carbons (Fsp3) is 0.391. The van der Waals surface area contributed by atoms with Crippen LogP contribution in [0, 0.1) is 6.92 Å². The number of likely N-dealkylation sites (tertiary alicyclic amines) is 1. The van der Waals surface area contributed by atoms with E-state index in [9.17, 15) is 9.59 Å². The Kier molecular flexibility index (Phi) is 7.59. The predicted octanol–water partition coefficient (Wildman–Crippen LogP) is 2.63. The summed E-state index contributed by atoms with van der Waals surface area (Å²) >= 11 is 2.81. The molecule has 1 aliphatic heterocycles. The Morgan fingerprint density at radius 3 is 2.91 bits per heavy atom. The van der Waals surface area contributed by atoms with Gasteiger partial charge in [0.2, 0.25) is 5.91 Å². The Bertz CT molecular complexity index is 1170. The van der Waals surface area contributed by atoms with Crippen LogP contribution in [0.1, 0.15) is 26.8 Å². The zero-order chi connectivity index (χ0) is 23.4. The van der Waals surface area contributed by atoms with Crippen molar-refractivity contribution in [3.63, 3.8) is 0 Å². The molecule has 1 aromatic carbocycles. The van der Waals surface area contributed by atoms with E-state index in [4.69, 9.17) is 10.5 Å². The zero-order valence-corrected chi connectivity index (χ0v) is 20.3. The number of carbonyl (C=O) groups excluding carboxylic acids is 2. The van der Waals surface area contributed by atoms with E-state index >= 15 is 0 Å². The summed E-state index contributed by atoms with van der Waals surface area (Å²) in [5, 5.41) is 4.56. The molecule has 3 aromatic rings. The van der Waals surface area contributed by atoms with Gasteiger partial charge in [0.15, 0.2) is 5.78 Å². The molecule has 1 fully saturated rings. The molecule has 0 bridgehead atoms. The van der Waals surface area contributed by atoms with E-state index in [0.717, 1.165) is 46.1 Å². The molecule has 174 valence electrons. The van der Waals surface area contributed by atoms with E-state index in [0.29, 0.717) is 23.8 Å². The van der Waals surface area contributed by atoms with Crippen molar-refractivity contribution in [1.82, 2.24) is 20.2 Å². The lowest BCUT2D eigenvalue weighted by Crippen LogP contribution is -2.36. The molecule has 1 unspecified atom stereocenters. The van der Waals surface area contributed by atoms with Crippen LogP contribution in [0.2, 0.25) is 0 Å². The molecule has 1 amide bonds. The van der Waals surface area contributed by atoms with E-state index in [1.807, 2.05) is 37.3 Å². The van der Waals surface area contributed by atoms with Crippen molar-refractivity contribution >= 4 is 45.7 Å². The molecule has 1 aliphatic rings. The van der Waals surface area contributed by atoms with Crippen LogP contribution in [0.5, 0.6) is 5.75 Å². The number of methoxy groups -OCH3 is 1. The van der Waals surface area contributed by atoms with Gasteiger partial charge in [0.05, 0.1) is 36.3 Å². The lowest BCUT2D eigenvalue weighted by atomic mass is 10.2. The van der Waals surface area contributed by atoms with Gasteiger partial charge >= 0.3 is 0 Å². The Morgan fingerprint density at radius 2 is 2.15 bits per heavy atom. The first kappa shape index (κ1) is 23.6. The van der Waals surface area contributed by atoms with Gasteiger partial charge in [-0.1, -0.05) is 11.8 Å². The van der Waals surface area contributed by atoms with Crippen LogP contribution >= 0.6 is 23.1 Å². The summed E-state index contributed by atoms with van der Waals surface area (Å²) in [6.07, 6.45) is 0.930. The van der Waals surface area contributed by atoms with Gasteiger partial charge in [-0.15, -0.1) is 11.3 Å². The number of aryl methyl sites for hydroxylation is 1. The quantitative estimate of drug-likeness (QED) is 0.270. The molecule has 0 saturated carbocycles. The summed E-state index contributed by atoms with van der Waals surface area (Å²) in [5.41, 5.74) is 6.71. The summed E-state index contributed by atoms with van der Waals surface area (Å²) in [7, 11) is 1.62. The number of thioether (sulfide) groups is 1. The monoisotopic (exact) mass is 485 g/mol. The highest BCUT2D eigenvalue weighted by Crippen LogP contribution is 2.29. The minimum Gasteiger partial charge on any atom is -0.497 e. The third-order valence-electron chi connectivity index (χ3n) is 5.39. The summed E-state index contributed by atoms with van der Waals surface area (Å²) < 4.78 is 5.32. The summed E-state index contributed by atoms with van der Waals surface area (Å²) in [4.78, 5) is 37.6. The molecular weight excluding hydrogens is 458 g/mol. The number of nitrogens with one attached hydrogen (secondary N) is 1. The highest BCUT2D eigenvalue weighted by Gasteiger charge is 2.21. The minimum atomic E-state index is -0.0256. The Labute approximate surface area is 200 Å². The van der Waals surface area contributed by atoms with Gasteiger partial charge in [-0.05, 0) is 43.7 Å². The number of rotatable bonds is 9. The molecule has 10 heteroatoms. The van der Waals surface area contributed by atoms with E-state index in [-0.39, 0.29) is 23.5 Å². The van der Waals surface area contributed by atoms with Gasteiger partial charge in [-0.25, -0.2) is 9.97 Å². The van der Waals surface area contributed by atoms with Gasteiger partial charge < -0.3 is 15.8 Å². The molecule has 3 N–H and O–H groups in total. The van der Waals surface area contributed by atoms with Crippen LogP contribution in [-0.2, 0) is 11.3 Å². The number of benzene rings is 1. The average Bonchev–Trinajstić information content (AvgIpc) is 3.44. The number of nitrogens with two attached hydrogens (primary N) is 1. The number of aromatic nitrogens is 2. The number of hydrogen-bond acceptors (Lipinski definition) is 9. The van der Waals surface area contributed by atoms with Crippen molar-refractivity contribution in [3.05, 3.63) is 45.9 Å². The van der Waals surface area contributed by atoms with Crippen molar-refractivity contribution < 1.29 is 14.3 Å². The average molecular weight is 486 g/mol. The van der Waals surface area contributed by atoms with Crippen molar-refractivity contribution in [2.75, 3.05) is 32.5 Å². The lowest BCUT2D eigenvalue weighted by Gasteiger charge is -2.14. The zero-order valence-electron chi connectivity index (χ0n) is 18.7. The summed E-state index contributed by atoms with van der Waals surface area (Å²) in [5.74, 6) is 1.65. The minimum absolute atomic E-state index is 0.0256. The highest BCUT2D eigenvalue weighted by molar-refractivity contribution is 8.00. The number of carbonyl (C=O) groups is 2. The van der Waals surface area contributed by atoms with Crippen molar-refractivity contribution in [1.29, 1.82) is 0 Å². The molecule has 1 saturated heterocycles. The van der Waals surface area contributed by atoms with E-state index < -0.39 is 0 Å². The van der Waals surface area contributed by atoms with E-state index in [2.05, 4.69) is 20.2 Å². The van der Waals surface area contributed by atoms with E-state index in [1.54, 1.807) is 7.11 Å². The van der Waals surface area contributed by atoms with Crippen LogP contribution in [0.3, 0.4) is 0 Å². The maximum absolute atomic E-state index is 12.8. The van der Waals surface area contributed by atoms with E-state index in [1.165, 1.54) is 23.1 Å². The molecule has 0 spiro atoms. The standard InChI is InChI=1S/C23H27N5O3S2/c1-14-26-19-5-3-16(31-2)9-18(19)23(27-14)32-13-20(29)21-6-4-17(33-21)10-25-22(30)12-28-8-7-15(24)11-28/h3-6,9,15H,7-8,10-13,24H2,1-2H3,(H,25,30). The second-order valence-electron chi connectivity index (χ2n) is 8.00. The first-order valence-corrected chi connectivity index (χ1v) is 12.5. The van der Waals surface area contributed by atoms with Gasteiger partial charge in [-0.3, -0.25) is 14.5 Å². The van der Waals surface area contributed by atoms with Crippen LogP contribution in [0.25, 0.3) is 10.9 Å². The molecule has 2 aromatic heterocycles. The number of ether oxygens (including phenoxy) is 1. The van der Waals surface area contributed by atoms with Gasteiger partial charge in [0.1, 0.15) is 16.6 Å². The van der Waals surface area contributed by atoms with Crippen LogP contribution in [-0.4, -0.2) is 65.1 Å². The van der Waals surface area contributed by atoms with Crippen molar-refractivity contribution in [2.45, 2.75) is 31.0 Å². The van der Waals surface area contributed by atoms with Crippen LogP contribution in [0.15, 0.2) is 35.4 Å². The predicted molar refractivity (Wildman–Crippen MR) is 131 cm³/mol. The SMILES string of the molecule is COc1ccc2nc(C)nc(SCC(=O)c3ccc(CNC(=O)CN4CCC(N)C4)s3)c2c1. The number of Topliss-reactive ketones (excluding diaryl/α,β-unsaturated/α-hetero) is 1. The first-order chi connectivity index (χ1) is 15.9. The maximum atomic E-state index is 12.8. The fourth-order valence-corrected chi connectivity index (χ4v) is 5.62. The number of hydrogen-bond donors (Lipinski definition) is 2. The molecule has 4 rings (SSSR count). The largest absolute Gasteiger partial charge is 0.497 e. The topological polar surface area (TPSA) is 110 Å². The molecule has 33 heavy (non-hydrogen) atoms. The fourth-order valence-electron chi connectivity index (χ4n) is 3.71. The number of ketones is 1. The highest BCUT2D eigenvalue weighted by atomic mass is 32.2. The molecule has 1 atom stereocenters.